The van der Waals surface area contributed by atoms with Crippen LogP contribution in [0, 0.1) is 5.92 Å². The number of methoxy groups -OCH3 is 1. The SMILES string of the molecule is COc1c(Cl)cc(C(=O)N[C@H](CO)C(C)C)cc1Cl. The van der Waals surface area contributed by atoms with E-state index < -0.39 is 0 Å². The summed E-state index contributed by atoms with van der Waals surface area (Å²) in [5.41, 5.74) is 0.329. The molecule has 0 unspecified atom stereocenters. The Morgan fingerprint density at radius 1 is 1.37 bits per heavy atom. The lowest BCUT2D eigenvalue weighted by molar-refractivity contribution is 0.0897. The van der Waals surface area contributed by atoms with Gasteiger partial charge in [-0.25, -0.2) is 0 Å². The fraction of sp³-hybridized carbons (Fsp3) is 0.462. The molecule has 2 N–H and O–H groups in total. The smallest absolute Gasteiger partial charge is 0.251 e. The molecule has 106 valence electrons. The number of aliphatic hydroxyl groups excluding tert-OH is 1. The second kappa shape index (κ2) is 6.98. The quantitative estimate of drug-likeness (QED) is 0.879. The lowest BCUT2D eigenvalue weighted by Gasteiger charge is -2.20. The molecule has 0 fully saturated rings. The predicted molar refractivity (Wildman–Crippen MR) is 76.2 cm³/mol. The van der Waals surface area contributed by atoms with Gasteiger partial charge in [-0.05, 0) is 18.1 Å². The molecule has 19 heavy (non-hydrogen) atoms. The number of hydrogen-bond donors (Lipinski definition) is 2. The summed E-state index contributed by atoms with van der Waals surface area (Å²) in [6, 6.07) is 2.65. The average Bonchev–Trinajstić information content (AvgIpc) is 2.34. The molecular weight excluding hydrogens is 289 g/mol. The largest absolute Gasteiger partial charge is 0.494 e. The third-order valence-corrected chi connectivity index (χ3v) is 3.34. The van der Waals surface area contributed by atoms with E-state index in [0.717, 1.165) is 0 Å². The van der Waals surface area contributed by atoms with Gasteiger partial charge in [0.25, 0.3) is 5.91 Å². The molecule has 1 rings (SSSR count). The maximum atomic E-state index is 12.0. The van der Waals surface area contributed by atoms with E-state index in [0.29, 0.717) is 11.3 Å². The molecule has 0 spiro atoms. The Morgan fingerprint density at radius 2 is 1.89 bits per heavy atom. The Labute approximate surface area is 122 Å². The second-order valence-electron chi connectivity index (χ2n) is 4.48. The molecule has 0 aliphatic heterocycles. The van der Waals surface area contributed by atoms with E-state index in [1.807, 2.05) is 13.8 Å². The van der Waals surface area contributed by atoms with Gasteiger partial charge in [0.15, 0.2) is 5.75 Å². The Kier molecular flexibility index (Phi) is 5.91. The molecule has 0 saturated heterocycles. The lowest BCUT2D eigenvalue weighted by Crippen LogP contribution is -2.41. The monoisotopic (exact) mass is 305 g/mol. The van der Waals surface area contributed by atoms with Crippen molar-refractivity contribution in [1.29, 1.82) is 0 Å². The fourth-order valence-electron chi connectivity index (χ4n) is 1.56. The van der Waals surface area contributed by atoms with Crippen LogP contribution >= 0.6 is 23.2 Å². The van der Waals surface area contributed by atoms with Crippen LogP contribution < -0.4 is 10.1 Å². The van der Waals surface area contributed by atoms with Gasteiger partial charge in [-0.2, -0.15) is 0 Å². The van der Waals surface area contributed by atoms with Crippen molar-refractivity contribution in [1.82, 2.24) is 5.32 Å². The summed E-state index contributed by atoms with van der Waals surface area (Å²) in [7, 11) is 1.45. The number of amides is 1. The summed E-state index contributed by atoms with van der Waals surface area (Å²) < 4.78 is 5.02. The minimum atomic E-state index is -0.334. The zero-order valence-corrected chi connectivity index (χ0v) is 12.5. The highest BCUT2D eigenvalue weighted by atomic mass is 35.5. The fourth-order valence-corrected chi connectivity index (χ4v) is 2.20. The molecule has 0 aliphatic carbocycles. The van der Waals surface area contributed by atoms with Crippen molar-refractivity contribution in [2.75, 3.05) is 13.7 Å². The maximum absolute atomic E-state index is 12.0. The standard InChI is InChI=1S/C13H17Cl2NO3/c1-7(2)11(6-17)16-13(18)8-4-9(14)12(19-3)10(15)5-8/h4-5,7,11,17H,6H2,1-3H3,(H,16,18)/t11-/m1/s1. The maximum Gasteiger partial charge on any atom is 0.251 e. The van der Waals surface area contributed by atoms with Crippen molar-refractivity contribution in [2.24, 2.45) is 5.92 Å². The first-order chi connectivity index (χ1) is 8.90. The van der Waals surface area contributed by atoms with Crippen LogP contribution in [0.25, 0.3) is 0 Å². The summed E-state index contributed by atoms with van der Waals surface area (Å²) in [4.78, 5) is 12.0. The first kappa shape index (κ1) is 16.1. The van der Waals surface area contributed by atoms with E-state index in [-0.39, 0.29) is 34.5 Å². The van der Waals surface area contributed by atoms with Gasteiger partial charge in [0, 0.05) is 5.56 Å². The van der Waals surface area contributed by atoms with E-state index in [1.54, 1.807) is 0 Å². The van der Waals surface area contributed by atoms with Crippen LogP contribution in [0.2, 0.25) is 10.0 Å². The van der Waals surface area contributed by atoms with Crippen molar-refractivity contribution >= 4 is 29.1 Å². The summed E-state index contributed by atoms with van der Waals surface area (Å²) >= 11 is 11.9. The Balaban J connectivity index is 2.95. The highest BCUT2D eigenvalue weighted by molar-refractivity contribution is 6.37. The van der Waals surface area contributed by atoms with E-state index in [9.17, 15) is 9.90 Å². The zero-order valence-electron chi connectivity index (χ0n) is 11.0. The molecule has 0 aromatic heterocycles. The number of rotatable bonds is 5. The number of halogens is 2. The van der Waals surface area contributed by atoms with E-state index in [4.69, 9.17) is 27.9 Å². The van der Waals surface area contributed by atoms with Crippen molar-refractivity contribution in [3.8, 4) is 5.75 Å². The molecule has 0 saturated carbocycles. The number of benzene rings is 1. The molecule has 6 heteroatoms. The number of carbonyl (C=O) groups is 1. The minimum absolute atomic E-state index is 0.123. The molecule has 0 heterocycles. The first-order valence-electron chi connectivity index (χ1n) is 5.85. The zero-order chi connectivity index (χ0) is 14.6. The van der Waals surface area contributed by atoms with Crippen molar-refractivity contribution < 1.29 is 14.6 Å². The van der Waals surface area contributed by atoms with Gasteiger partial charge in [-0.3, -0.25) is 4.79 Å². The van der Waals surface area contributed by atoms with Crippen molar-refractivity contribution in [3.63, 3.8) is 0 Å². The van der Waals surface area contributed by atoms with Gasteiger partial charge in [0.05, 0.1) is 29.8 Å². The molecule has 0 radical (unpaired) electrons. The Bertz CT molecular complexity index is 440. The van der Waals surface area contributed by atoms with E-state index >= 15 is 0 Å². The highest BCUT2D eigenvalue weighted by Crippen LogP contribution is 2.33. The normalized spacial score (nSPS) is 12.4. The average molecular weight is 306 g/mol. The molecule has 0 aliphatic rings. The van der Waals surface area contributed by atoms with Gasteiger partial charge in [0.2, 0.25) is 0 Å². The number of carbonyl (C=O) groups excluding carboxylic acids is 1. The predicted octanol–water partition coefficient (Wildman–Crippen LogP) is 2.75. The number of ether oxygens (including phenoxy) is 1. The summed E-state index contributed by atoms with van der Waals surface area (Å²) in [6.45, 7) is 3.70. The van der Waals surface area contributed by atoms with Crippen LogP contribution in [0.4, 0.5) is 0 Å². The van der Waals surface area contributed by atoms with Crippen LogP contribution in [-0.2, 0) is 0 Å². The summed E-state index contributed by atoms with van der Waals surface area (Å²) in [5, 5.41) is 12.5. The van der Waals surface area contributed by atoms with Crippen LogP contribution in [0.5, 0.6) is 5.75 Å². The molecule has 1 aromatic carbocycles. The molecule has 4 nitrogen and oxygen atoms in total. The molecular formula is C13H17Cl2NO3. The molecule has 1 atom stereocenters. The van der Waals surface area contributed by atoms with Gasteiger partial charge in [0.1, 0.15) is 0 Å². The van der Waals surface area contributed by atoms with Crippen molar-refractivity contribution in [3.05, 3.63) is 27.7 Å². The van der Waals surface area contributed by atoms with E-state index in [2.05, 4.69) is 5.32 Å². The van der Waals surface area contributed by atoms with Crippen LogP contribution in [-0.4, -0.2) is 30.8 Å². The topological polar surface area (TPSA) is 58.6 Å². The van der Waals surface area contributed by atoms with Gasteiger partial charge in [-0.1, -0.05) is 37.0 Å². The molecule has 1 aromatic rings. The first-order valence-corrected chi connectivity index (χ1v) is 6.61. The summed E-state index contributed by atoms with van der Waals surface area (Å²) in [5.74, 6) is 0.125. The highest BCUT2D eigenvalue weighted by Gasteiger charge is 2.18. The Morgan fingerprint density at radius 3 is 2.26 bits per heavy atom. The lowest BCUT2D eigenvalue weighted by atomic mass is 10.0. The van der Waals surface area contributed by atoms with Gasteiger partial charge >= 0.3 is 0 Å². The Hall–Kier alpha value is -0.970. The van der Waals surface area contributed by atoms with Crippen LogP contribution in [0.1, 0.15) is 24.2 Å². The molecule has 0 bridgehead atoms. The number of nitrogens with one attached hydrogen (secondary N) is 1. The van der Waals surface area contributed by atoms with Crippen molar-refractivity contribution in [2.45, 2.75) is 19.9 Å². The van der Waals surface area contributed by atoms with Gasteiger partial charge < -0.3 is 15.2 Å². The summed E-state index contributed by atoms with van der Waals surface area (Å²) in [6.07, 6.45) is 0. The second-order valence-corrected chi connectivity index (χ2v) is 5.29. The number of hydrogen-bond acceptors (Lipinski definition) is 3. The van der Waals surface area contributed by atoms with Gasteiger partial charge in [-0.15, -0.1) is 0 Å². The molecule has 1 amide bonds. The number of aliphatic hydroxyl groups is 1. The third-order valence-electron chi connectivity index (χ3n) is 2.78. The minimum Gasteiger partial charge on any atom is -0.494 e. The third kappa shape index (κ3) is 4.00. The van der Waals surface area contributed by atoms with Crippen LogP contribution in [0.15, 0.2) is 12.1 Å². The van der Waals surface area contributed by atoms with Crippen LogP contribution in [0.3, 0.4) is 0 Å². The van der Waals surface area contributed by atoms with E-state index in [1.165, 1.54) is 19.2 Å².